The summed E-state index contributed by atoms with van der Waals surface area (Å²) in [5, 5.41) is 9.08. The molecule has 0 saturated carbocycles. The molecule has 0 aromatic heterocycles. The van der Waals surface area contributed by atoms with Crippen molar-refractivity contribution in [2.75, 3.05) is 13.1 Å². The van der Waals surface area contributed by atoms with E-state index < -0.39 is 0 Å². The normalized spacial score (nSPS) is 18.2. The molecular formula is C10H11BrFNO. The molecule has 0 spiro atoms. The van der Waals surface area contributed by atoms with E-state index in [1.165, 1.54) is 0 Å². The number of hydrogen-bond donors (Lipinski definition) is 1. The predicted octanol–water partition coefficient (Wildman–Crippen LogP) is 1.76. The van der Waals surface area contributed by atoms with E-state index in [1.807, 2.05) is 11.0 Å². The lowest BCUT2D eigenvalue weighted by Crippen LogP contribution is -2.49. The summed E-state index contributed by atoms with van der Waals surface area (Å²) in [5.41, 5.74) is 0.672. The number of hydrogen-bond acceptors (Lipinski definition) is 2. The van der Waals surface area contributed by atoms with E-state index in [1.54, 1.807) is 12.1 Å². The minimum atomic E-state index is -0.231. The zero-order chi connectivity index (χ0) is 10.1. The maximum absolute atomic E-state index is 13.5. The predicted molar refractivity (Wildman–Crippen MR) is 55.4 cm³/mol. The Morgan fingerprint density at radius 2 is 2.21 bits per heavy atom. The highest BCUT2D eigenvalue weighted by Crippen LogP contribution is 2.21. The van der Waals surface area contributed by atoms with Gasteiger partial charge in [-0.15, -0.1) is 0 Å². The molecule has 1 aliphatic heterocycles. The third-order valence-electron chi connectivity index (χ3n) is 2.36. The lowest BCUT2D eigenvalue weighted by atomic mass is 10.1. The van der Waals surface area contributed by atoms with E-state index in [9.17, 15) is 4.39 Å². The Morgan fingerprint density at radius 1 is 1.50 bits per heavy atom. The van der Waals surface area contributed by atoms with Crippen LogP contribution in [0.2, 0.25) is 0 Å². The van der Waals surface area contributed by atoms with Crippen LogP contribution in [0.5, 0.6) is 0 Å². The van der Waals surface area contributed by atoms with Crippen LogP contribution in [0.3, 0.4) is 0 Å². The molecule has 0 atom stereocenters. The first-order valence-electron chi connectivity index (χ1n) is 4.50. The Hall–Kier alpha value is -0.450. The van der Waals surface area contributed by atoms with Gasteiger partial charge in [-0.1, -0.05) is 12.1 Å². The number of β-amino-alcohol motifs (C(OH)–C–C–N with tert-alkyl or cyclic N) is 1. The summed E-state index contributed by atoms with van der Waals surface area (Å²) in [7, 11) is 0. The second kappa shape index (κ2) is 3.96. The van der Waals surface area contributed by atoms with Crippen LogP contribution in [-0.2, 0) is 6.54 Å². The van der Waals surface area contributed by atoms with E-state index >= 15 is 0 Å². The molecule has 0 radical (unpaired) electrons. The molecule has 1 heterocycles. The SMILES string of the molecule is OC1CN(Cc2cccc(Br)c2F)C1. The van der Waals surface area contributed by atoms with E-state index in [0.717, 1.165) is 0 Å². The molecule has 4 heteroatoms. The molecule has 1 aliphatic rings. The number of nitrogens with zero attached hydrogens (tertiary/aromatic N) is 1. The highest BCUT2D eigenvalue weighted by Gasteiger charge is 2.24. The van der Waals surface area contributed by atoms with Gasteiger partial charge in [-0.3, -0.25) is 4.90 Å². The van der Waals surface area contributed by atoms with Crippen LogP contribution >= 0.6 is 15.9 Å². The number of halogens is 2. The highest BCUT2D eigenvalue weighted by atomic mass is 79.9. The Kier molecular flexibility index (Phi) is 2.85. The minimum Gasteiger partial charge on any atom is -0.390 e. The van der Waals surface area contributed by atoms with Crippen LogP contribution in [0, 0.1) is 5.82 Å². The van der Waals surface area contributed by atoms with Gasteiger partial charge in [-0.25, -0.2) is 4.39 Å². The topological polar surface area (TPSA) is 23.5 Å². The van der Waals surface area contributed by atoms with Gasteiger partial charge < -0.3 is 5.11 Å². The number of benzene rings is 1. The van der Waals surface area contributed by atoms with Crippen LogP contribution in [-0.4, -0.2) is 29.2 Å². The van der Waals surface area contributed by atoms with Gasteiger partial charge in [0.2, 0.25) is 0 Å². The van der Waals surface area contributed by atoms with Crippen molar-refractivity contribution in [3.05, 3.63) is 34.1 Å². The molecular weight excluding hydrogens is 249 g/mol. The van der Waals surface area contributed by atoms with Crippen LogP contribution in [0.4, 0.5) is 4.39 Å². The van der Waals surface area contributed by atoms with E-state index in [4.69, 9.17) is 5.11 Å². The molecule has 0 bridgehead atoms. The van der Waals surface area contributed by atoms with Gasteiger partial charge in [0.05, 0.1) is 10.6 Å². The zero-order valence-corrected chi connectivity index (χ0v) is 9.17. The fourth-order valence-electron chi connectivity index (χ4n) is 1.58. The van der Waals surface area contributed by atoms with Gasteiger partial charge in [-0.2, -0.15) is 0 Å². The van der Waals surface area contributed by atoms with Crippen molar-refractivity contribution >= 4 is 15.9 Å². The first-order chi connectivity index (χ1) is 6.66. The van der Waals surface area contributed by atoms with Crippen LogP contribution in [0.25, 0.3) is 0 Å². The molecule has 2 rings (SSSR count). The largest absolute Gasteiger partial charge is 0.390 e. The van der Waals surface area contributed by atoms with Gasteiger partial charge in [0, 0.05) is 25.2 Å². The maximum Gasteiger partial charge on any atom is 0.141 e. The number of aliphatic hydroxyl groups excluding tert-OH is 1. The van der Waals surface area contributed by atoms with Crippen molar-refractivity contribution < 1.29 is 9.50 Å². The zero-order valence-electron chi connectivity index (χ0n) is 7.58. The summed E-state index contributed by atoms with van der Waals surface area (Å²) in [5.74, 6) is -0.200. The fourth-order valence-corrected chi connectivity index (χ4v) is 1.99. The van der Waals surface area contributed by atoms with Crippen molar-refractivity contribution in [2.24, 2.45) is 0 Å². The third kappa shape index (κ3) is 1.97. The molecule has 76 valence electrons. The molecule has 0 amide bonds. The van der Waals surface area contributed by atoms with Gasteiger partial charge in [0.1, 0.15) is 5.82 Å². The standard InChI is InChI=1S/C10H11BrFNO/c11-9-3-1-2-7(10(9)12)4-13-5-8(14)6-13/h1-3,8,14H,4-6H2. The minimum absolute atomic E-state index is 0.200. The smallest absolute Gasteiger partial charge is 0.141 e. The maximum atomic E-state index is 13.5. The average molecular weight is 260 g/mol. The summed E-state index contributed by atoms with van der Waals surface area (Å²) >= 11 is 3.14. The molecule has 0 aliphatic carbocycles. The van der Waals surface area contributed by atoms with Crippen LogP contribution in [0.15, 0.2) is 22.7 Å². The first-order valence-corrected chi connectivity index (χ1v) is 5.29. The molecule has 1 fully saturated rings. The van der Waals surface area contributed by atoms with Gasteiger partial charge in [-0.05, 0) is 22.0 Å². The lowest BCUT2D eigenvalue weighted by Gasteiger charge is -2.35. The van der Waals surface area contributed by atoms with E-state index in [0.29, 0.717) is 29.7 Å². The fraction of sp³-hybridized carbons (Fsp3) is 0.400. The quantitative estimate of drug-likeness (QED) is 0.875. The lowest BCUT2D eigenvalue weighted by molar-refractivity contribution is -0.00344. The summed E-state index contributed by atoms with van der Waals surface area (Å²) < 4.78 is 14.0. The van der Waals surface area contributed by atoms with Gasteiger partial charge in [0.25, 0.3) is 0 Å². The first kappa shape index (κ1) is 10.1. The van der Waals surface area contributed by atoms with Crippen LogP contribution < -0.4 is 0 Å². The van der Waals surface area contributed by atoms with Crippen LogP contribution in [0.1, 0.15) is 5.56 Å². The second-order valence-corrected chi connectivity index (χ2v) is 4.42. The molecule has 1 aromatic rings. The molecule has 2 nitrogen and oxygen atoms in total. The van der Waals surface area contributed by atoms with Crippen molar-refractivity contribution in [3.8, 4) is 0 Å². The van der Waals surface area contributed by atoms with Crippen molar-refractivity contribution in [3.63, 3.8) is 0 Å². The Labute approximate surface area is 90.5 Å². The van der Waals surface area contributed by atoms with Crippen molar-refractivity contribution in [1.82, 2.24) is 4.90 Å². The molecule has 1 aromatic carbocycles. The molecule has 1 saturated heterocycles. The van der Waals surface area contributed by atoms with Gasteiger partial charge >= 0.3 is 0 Å². The highest BCUT2D eigenvalue weighted by molar-refractivity contribution is 9.10. The summed E-state index contributed by atoms with van der Waals surface area (Å²) in [6.07, 6.45) is -0.231. The second-order valence-electron chi connectivity index (χ2n) is 3.56. The summed E-state index contributed by atoms with van der Waals surface area (Å²) in [6.45, 7) is 1.86. The average Bonchev–Trinajstić information content (AvgIpc) is 2.10. The van der Waals surface area contributed by atoms with Gasteiger partial charge in [0.15, 0.2) is 0 Å². The van der Waals surface area contributed by atoms with Crippen molar-refractivity contribution in [1.29, 1.82) is 0 Å². The summed E-state index contributed by atoms with van der Waals surface area (Å²) in [6, 6.07) is 5.27. The van der Waals surface area contributed by atoms with Crippen molar-refractivity contribution in [2.45, 2.75) is 12.6 Å². The molecule has 1 N–H and O–H groups in total. The monoisotopic (exact) mass is 259 g/mol. The Balaban J connectivity index is 2.06. The third-order valence-corrected chi connectivity index (χ3v) is 2.98. The number of likely N-dealkylation sites (tertiary alicyclic amines) is 1. The Bertz CT molecular complexity index is 339. The van der Waals surface area contributed by atoms with E-state index in [-0.39, 0.29) is 11.9 Å². The Morgan fingerprint density at radius 3 is 2.86 bits per heavy atom. The molecule has 0 unspecified atom stereocenters. The number of rotatable bonds is 2. The number of aliphatic hydroxyl groups is 1. The summed E-state index contributed by atoms with van der Waals surface area (Å²) in [4.78, 5) is 2.01. The van der Waals surface area contributed by atoms with E-state index in [2.05, 4.69) is 15.9 Å². The molecule has 14 heavy (non-hydrogen) atoms.